The van der Waals surface area contributed by atoms with Crippen LogP contribution in [0, 0.1) is 12.8 Å². The minimum atomic E-state index is -0.0987. The normalized spacial score (nSPS) is 26.4. The molecule has 1 saturated heterocycles. The molecular weight excluding hydrogens is 242 g/mol. The van der Waals surface area contributed by atoms with Crippen LogP contribution in [0.1, 0.15) is 35.3 Å². The van der Waals surface area contributed by atoms with E-state index in [0.29, 0.717) is 22.9 Å². The number of carbonyl (C=O) groups excluding carboxylic acids is 1. The summed E-state index contributed by atoms with van der Waals surface area (Å²) >= 11 is 0. The Balaban J connectivity index is 1.72. The molecule has 2 aliphatic rings. The molecule has 2 unspecified atom stereocenters. The van der Waals surface area contributed by atoms with Crippen molar-refractivity contribution >= 4 is 11.6 Å². The number of anilines is 1. The van der Waals surface area contributed by atoms with Gasteiger partial charge < -0.3 is 15.8 Å². The molecule has 1 aliphatic heterocycles. The third-order valence-corrected chi connectivity index (χ3v) is 3.89. The predicted octanol–water partition coefficient (Wildman–Crippen LogP) is 1.27. The lowest BCUT2D eigenvalue weighted by molar-refractivity contribution is 0.0729. The molecule has 1 saturated carbocycles. The molecule has 102 valence electrons. The fourth-order valence-corrected chi connectivity index (χ4v) is 2.68. The number of aromatic nitrogens is 1. The maximum Gasteiger partial charge on any atom is 0.253 e. The molecule has 5 heteroatoms. The van der Waals surface area contributed by atoms with E-state index in [9.17, 15) is 4.79 Å². The molecule has 2 heterocycles. The zero-order chi connectivity index (χ0) is 13.4. The molecule has 0 aromatic carbocycles. The molecule has 5 nitrogen and oxygen atoms in total. The van der Waals surface area contributed by atoms with Crippen LogP contribution in [-0.4, -0.2) is 29.6 Å². The van der Waals surface area contributed by atoms with E-state index < -0.39 is 0 Å². The molecule has 0 radical (unpaired) electrons. The number of aryl methyl sites for hydroxylation is 1. The fraction of sp³-hybridized carbons (Fsp3) is 0.571. The molecule has 2 fully saturated rings. The van der Waals surface area contributed by atoms with Crippen LogP contribution < -0.4 is 11.1 Å². The van der Waals surface area contributed by atoms with E-state index in [0.717, 1.165) is 13.0 Å². The van der Waals surface area contributed by atoms with E-state index in [2.05, 4.69) is 10.3 Å². The highest BCUT2D eigenvalue weighted by molar-refractivity contribution is 5.96. The number of carbonyl (C=O) groups is 1. The van der Waals surface area contributed by atoms with Crippen LogP contribution in [-0.2, 0) is 4.74 Å². The van der Waals surface area contributed by atoms with E-state index in [1.807, 2.05) is 6.92 Å². The Labute approximate surface area is 112 Å². The smallest absolute Gasteiger partial charge is 0.253 e. The van der Waals surface area contributed by atoms with Crippen LogP contribution in [0.5, 0.6) is 0 Å². The summed E-state index contributed by atoms with van der Waals surface area (Å²) in [5.74, 6) is 0.534. The molecule has 3 rings (SSSR count). The van der Waals surface area contributed by atoms with Crippen LogP contribution in [0.15, 0.2) is 12.3 Å². The monoisotopic (exact) mass is 261 g/mol. The van der Waals surface area contributed by atoms with Crippen molar-refractivity contribution in [1.29, 1.82) is 0 Å². The SMILES string of the molecule is Cc1ncc(N)cc1C(=O)NC1CCOC1C1CC1. The summed E-state index contributed by atoms with van der Waals surface area (Å²) in [5, 5.41) is 3.08. The summed E-state index contributed by atoms with van der Waals surface area (Å²) in [7, 11) is 0. The van der Waals surface area contributed by atoms with Gasteiger partial charge in [-0.05, 0) is 38.2 Å². The topological polar surface area (TPSA) is 77.2 Å². The van der Waals surface area contributed by atoms with Crippen molar-refractivity contribution < 1.29 is 9.53 Å². The minimum Gasteiger partial charge on any atom is -0.397 e. The zero-order valence-electron chi connectivity index (χ0n) is 11.1. The second kappa shape index (κ2) is 4.81. The Morgan fingerprint density at radius 2 is 2.26 bits per heavy atom. The highest BCUT2D eigenvalue weighted by Crippen LogP contribution is 2.38. The summed E-state index contributed by atoms with van der Waals surface area (Å²) in [6.45, 7) is 2.55. The molecule has 19 heavy (non-hydrogen) atoms. The zero-order valence-corrected chi connectivity index (χ0v) is 11.1. The number of pyridine rings is 1. The van der Waals surface area contributed by atoms with E-state index in [-0.39, 0.29) is 18.1 Å². The first-order valence-corrected chi connectivity index (χ1v) is 6.80. The van der Waals surface area contributed by atoms with Crippen molar-refractivity contribution in [2.75, 3.05) is 12.3 Å². The van der Waals surface area contributed by atoms with Crippen molar-refractivity contribution in [3.63, 3.8) is 0 Å². The maximum absolute atomic E-state index is 12.3. The fourth-order valence-electron chi connectivity index (χ4n) is 2.68. The molecular formula is C14H19N3O2. The Hall–Kier alpha value is -1.62. The number of amides is 1. The van der Waals surface area contributed by atoms with E-state index in [1.54, 1.807) is 12.3 Å². The van der Waals surface area contributed by atoms with Crippen LogP contribution >= 0.6 is 0 Å². The Morgan fingerprint density at radius 1 is 1.47 bits per heavy atom. The van der Waals surface area contributed by atoms with E-state index in [4.69, 9.17) is 10.5 Å². The van der Waals surface area contributed by atoms with Crippen LogP contribution in [0.25, 0.3) is 0 Å². The van der Waals surface area contributed by atoms with Crippen molar-refractivity contribution in [1.82, 2.24) is 10.3 Å². The van der Waals surface area contributed by atoms with Gasteiger partial charge in [0.2, 0.25) is 0 Å². The number of nitrogens with one attached hydrogen (secondary N) is 1. The second-order valence-corrected chi connectivity index (χ2v) is 5.44. The summed E-state index contributed by atoms with van der Waals surface area (Å²) in [5.41, 5.74) is 7.46. The first-order chi connectivity index (χ1) is 9.15. The number of nitrogens with two attached hydrogens (primary N) is 1. The molecule has 1 aromatic rings. The molecule has 3 N–H and O–H groups in total. The molecule has 1 aromatic heterocycles. The molecule has 2 atom stereocenters. The highest BCUT2D eigenvalue weighted by Gasteiger charge is 2.41. The molecule has 1 amide bonds. The van der Waals surface area contributed by atoms with Gasteiger partial charge in [0.05, 0.1) is 35.3 Å². The summed E-state index contributed by atoms with van der Waals surface area (Å²) < 4.78 is 5.73. The van der Waals surface area contributed by atoms with Gasteiger partial charge in [-0.3, -0.25) is 9.78 Å². The summed E-state index contributed by atoms with van der Waals surface area (Å²) in [6.07, 6.45) is 5.09. The number of rotatable bonds is 3. The minimum absolute atomic E-state index is 0.0987. The quantitative estimate of drug-likeness (QED) is 0.859. The number of nitrogen functional groups attached to an aromatic ring is 1. The summed E-state index contributed by atoms with van der Waals surface area (Å²) in [4.78, 5) is 16.4. The molecule has 0 bridgehead atoms. The first kappa shape index (κ1) is 12.4. The lowest BCUT2D eigenvalue weighted by Crippen LogP contribution is -2.41. The largest absolute Gasteiger partial charge is 0.397 e. The van der Waals surface area contributed by atoms with Gasteiger partial charge in [-0.25, -0.2) is 0 Å². The Morgan fingerprint density at radius 3 is 3.00 bits per heavy atom. The van der Waals surface area contributed by atoms with Crippen molar-refractivity contribution in [3.05, 3.63) is 23.5 Å². The Kier molecular flexibility index (Phi) is 3.14. The van der Waals surface area contributed by atoms with Gasteiger partial charge in [-0.15, -0.1) is 0 Å². The maximum atomic E-state index is 12.3. The third kappa shape index (κ3) is 2.56. The van der Waals surface area contributed by atoms with Gasteiger partial charge >= 0.3 is 0 Å². The average molecular weight is 261 g/mol. The standard InChI is InChI=1S/C14H19N3O2/c1-8-11(6-10(15)7-16-8)14(18)17-12-4-5-19-13(12)9-2-3-9/h6-7,9,12-13H,2-5,15H2,1H3,(H,17,18). The van der Waals surface area contributed by atoms with Crippen LogP contribution in [0.4, 0.5) is 5.69 Å². The lowest BCUT2D eigenvalue weighted by Gasteiger charge is -2.19. The van der Waals surface area contributed by atoms with E-state index >= 15 is 0 Å². The second-order valence-electron chi connectivity index (χ2n) is 5.44. The first-order valence-electron chi connectivity index (χ1n) is 6.80. The summed E-state index contributed by atoms with van der Waals surface area (Å²) in [6, 6.07) is 1.81. The lowest BCUT2D eigenvalue weighted by atomic mass is 10.1. The van der Waals surface area contributed by atoms with Crippen molar-refractivity contribution in [2.24, 2.45) is 5.92 Å². The van der Waals surface area contributed by atoms with Gasteiger partial charge in [0.15, 0.2) is 0 Å². The third-order valence-electron chi connectivity index (χ3n) is 3.89. The van der Waals surface area contributed by atoms with Crippen LogP contribution in [0.3, 0.4) is 0 Å². The van der Waals surface area contributed by atoms with E-state index in [1.165, 1.54) is 12.8 Å². The number of hydrogen-bond donors (Lipinski definition) is 2. The van der Waals surface area contributed by atoms with Gasteiger partial charge in [-0.1, -0.05) is 0 Å². The van der Waals surface area contributed by atoms with Gasteiger partial charge in [-0.2, -0.15) is 0 Å². The van der Waals surface area contributed by atoms with Gasteiger partial charge in [0.25, 0.3) is 5.91 Å². The van der Waals surface area contributed by atoms with Crippen molar-refractivity contribution in [3.8, 4) is 0 Å². The number of nitrogens with zero attached hydrogens (tertiary/aromatic N) is 1. The molecule has 1 aliphatic carbocycles. The average Bonchev–Trinajstić information content (AvgIpc) is 3.13. The number of hydrogen-bond acceptors (Lipinski definition) is 4. The molecule has 0 spiro atoms. The van der Waals surface area contributed by atoms with Crippen molar-refractivity contribution in [2.45, 2.75) is 38.3 Å². The predicted molar refractivity (Wildman–Crippen MR) is 71.7 cm³/mol. The highest BCUT2D eigenvalue weighted by atomic mass is 16.5. The van der Waals surface area contributed by atoms with Gasteiger partial charge in [0, 0.05) is 6.61 Å². The Bertz CT molecular complexity index is 499. The number of ether oxygens (including phenoxy) is 1. The van der Waals surface area contributed by atoms with Gasteiger partial charge in [0.1, 0.15) is 0 Å². The van der Waals surface area contributed by atoms with Crippen LogP contribution in [0.2, 0.25) is 0 Å².